The van der Waals surface area contributed by atoms with Gasteiger partial charge in [0.25, 0.3) is 0 Å². The molecule has 0 N–H and O–H groups in total. The number of benzene rings is 1. The summed E-state index contributed by atoms with van der Waals surface area (Å²) in [7, 11) is 0. The first-order chi connectivity index (χ1) is 7.53. The average molecular weight is 217 g/mol. The van der Waals surface area contributed by atoms with Crippen LogP contribution in [0.1, 0.15) is 39.2 Å². The van der Waals surface area contributed by atoms with Crippen LogP contribution in [0.25, 0.3) is 0 Å². The van der Waals surface area contributed by atoms with Crippen LogP contribution >= 0.6 is 0 Å². The fraction of sp³-hybridized carbons (Fsp3) is 0.500. The lowest BCUT2D eigenvalue weighted by Gasteiger charge is -2.39. The van der Waals surface area contributed by atoms with Crippen molar-refractivity contribution in [3.8, 4) is 0 Å². The van der Waals surface area contributed by atoms with Crippen LogP contribution in [0.2, 0.25) is 0 Å². The van der Waals surface area contributed by atoms with E-state index >= 15 is 0 Å². The minimum absolute atomic E-state index is 0.177. The lowest BCUT2D eigenvalue weighted by Crippen LogP contribution is -2.46. The van der Waals surface area contributed by atoms with Gasteiger partial charge in [-0.05, 0) is 32.3 Å². The van der Waals surface area contributed by atoms with Gasteiger partial charge in [0.2, 0.25) is 5.91 Å². The molecule has 1 fully saturated rings. The van der Waals surface area contributed by atoms with Gasteiger partial charge in [0.15, 0.2) is 0 Å². The Kier molecular flexibility index (Phi) is 2.75. The first-order valence-corrected chi connectivity index (χ1v) is 5.89. The van der Waals surface area contributed by atoms with Gasteiger partial charge in [-0.2, -0.15) is 0 Å². The summed E-state index contributed by atoms with van der Waals surface area (Å²) < 4.78 is 0. The van der Waals surface area contributed by atoms with Crippen LogP contribution in [-0.4, -0.2) is 16.8 Å². The van der Waals surface area contributed by atoms with Gasteiger partial charge < -0.3 is 4.90 Å². The highest BCUT2D eigenvalue weighted by atomic mass is 16.2. The second-order valence-electron chi connectivity index (χ2n) is 5.05. The summed E-state index contributed by atoms with van der Waals surface area (Å²) in [6.45, 7) is 5.92. The molecule has 0 aromatic heterocycles. The van der Waals surface area contributed by atoms with E-state index in [2.05, 4.69) is 26.0 Å². The van der Waals surface area contributed by atoms with E-state index in [9.17, 15) is 4.79 Å². The standard InChI is InChI=1S/C14H19NO/c1-11(16)15(13-9-10-13)14(2,3)12-7-5-4-6-8-12/h4-8,13H,9-10H2,1-3H3. The minimum Gasteiger partial charge on any atom is -0.331 e. The van der Waals surface area contributed by atoms with E-state index in [1.165, 1.54) is 5.56 Å². The number of hydrogen-bond donors (Lipinski definition) is 0. The molecular formula is C14H19NO. The molecule has 0 bridgehead atoms. The third-order valence-electron chi connectivity index (χ3n) is 3.33. The van der Waals surface area contributed by atoms with E-state index in [1.807, 2.05) is 23.1 Å². The molecule has 1 amide bonds. The molecule has 0 spiro atoms. The normalized spacial score (nSPS) is 15.9. The van der Waals surface area contributed by atoms with Gasteiger partial charge in [-0.1, -0.05) is 30.3 Å². The average Bonchev–Trinajstić information content (AvgIpc) is 3.02. The number of hydrogen-bond acceptors (Lipinski definition) is 1. The van der Waals surface area contributed by atoms with Gasteiger partial charge >= 0.3 is 0 Å². The quantitative estimate of drug-likeness (QED) is 0.762. The molecule has 1 aliphatic rings. The molecule has 2 rings (SSSR count). The molecule has 1 aliphatic carbocycles. The monoisotopic (exact) mass is 217 g/mol. The second kappa shape index (κ2) is 3.93. The zero-order valence-corrected chi connectivity index (χ0v) is 10.2. The molecule has 0 unspecified atom stereocenters. The maximum absolute atomic E-state index is 11.8. The first-order valence-electron chi connectivity index (χ1n) is 5.89. The molecule has 0 heterocycles. The smallest absolute Gasteiger partial charge is 0.220 e. The lowest BCUT2D eigenvalue weighted by atomic mass is 9.92. The molecule has 0 radical (unpaired) electrons. The molecular weight excluding hydrogens is 198 g/mol. The molecule has 16 heavy (non-hydrogen) atoms. The molecule has 1 aromatic carbocycles. The number of carbonyl (C=O) groups excluding carboxylic acids is 1. The van der Waals surface area contributed by atoms with Crippen LogP contribution < -0.4 is 0 Å². The zero-order valence-electron chi connectivity index (χ0n) is 10.2. The minimum atomic E-state index is -0.200. The predicted octanol–water partition coefficient (Wildman–Crippen LogP) is 2.93. The summed E-state index contributed by atoms with van der Waals surface area (Å²) in [6, 6.07) is 10.7. The van der Waals surface area contributed by atoms with Crippen LogP contribution in [-0.2, 0) is 10.3 Å². The van der Waals surface area contributed by atoms with Crippen molar-refractivity contribution in [3.05, 3.63) is 35.9 Å². The van der Waals surface area contributed by atoms with E-state index in [-0.39, 0.29) is 11.4 Å². The Morgan fingerprint density at radius 1 is 1.25 bits per heavy atom. The van der Waals surface area contributed by atoms with Crippen molar-refractivity contribution in [2.75, 3.05) is 0 Å². The highest BCUT2D eigenvalue weighted by Crippen LogP contribution is 2.38. The van der Waals surface area contributed by atoms with Gasteiger partial charge in [0.1, 0.15) is 0 Å². The van der Waals surface area contributed by atoms with Crippen molar-refractivity contribution in [3.63, 3.8) is 0 Å². The highest BCUT2D eigenvalue weighted by Gasteiger charge is 2.40. The molecule has 86 valence electrons. The molecule has 1 aromatic rings. The van der Waals surface area contributed by atoms with Crippen LogP contribution in [0, 0.1) is 0 Å². The van der Waals surface area contributed by atoms with Gasteiger partial charge in [-0.3, -0.25) is 4.79 Å². The van der Waals surface area contributed by atoms with E-state index < -0.39 is 0 Å². The Bertz CT molecular complexity index is 379. The Labute approximate surface area is 97.3 Å². The van der Waals surface area contributed by atoms with Crippen molar-refractivity contribution in [2.24, 2.45) is 0 Å². The van der Waals surface area contributed by atoms with Crippen molar-refractivity contribution < 1.29 is 4.79 Å². The summed E-state index contributed by atoms with van der Waals surface area (Å²) in [5, 5.41) is 0. The summed E-state index contributed by atoms with van der Waals surface area (Å²) in [5.41, 5.74) is 1.01. The fourth-order valence-corrected chi connectivity index (χ4v) is 2.43. The summed E-state index contributed by atoms with van der Waals surface area (Å²) >= 11 is 0. The number of amides is 1. The van der Waals surface area contributed by atoms with Gasteiger partial charge in [-0.15, -0.1) is 0 Å². The Morgan fingerprint density at radius 2 is 1.81 bits per heavy atom. The SMILES string of the molecule is CC(=O)N(C1CC1)C(C)(C)c1ccccc1. The van der Waals surface area contributed by atoms with Crippen molar-refractivity contribution in [1.29, 1.82) is 0 Å². The largest absolute Gasteiger partial charge is 0.331 e. The van der Waals surface area contributed by atoms with E-state index in [0.29, 0.717) is 6.04 Å². The maximum Gasteiger partial charge on any atom is 0.220 e. The third kappa shape index (κ3) is 1.97. The van der Waals surface area contributed by atoms with Crippen molar-refractivity contribution in [2.45, 2.75) is 45.2 Å². The van der Waals surface area contributed by atoms with Crippen molar-refractivity contribution in [1.82, 2.24) is 4.90 Å². The van der Waals surface area contributed by atoms with Crippen LogP contribution in [0.3, 0.4) is 0 Å². The highest BCUT2D eigenvalue weighted by molar-refractivity contribution is 5.75. The maximum atomic E-state index is 11.8. The summed E-state index contributed by atoms with van der Waals surface area (Å²) in [4.78, 5) is 13.8. The van der Waals surface area contributed by atoms with E-state index in [1.54, 1.807) is 6.92 Å². The molecule has 2 heteroatoms. The molecule has 0 atom stereocenters. The Hall–Kier alpha value is -1.31. The summed E-state index contributed by atoms with van der Waals surface area (Å²) in [6.07, 6.45) is 2.30. The van der Waals surface area contributed by atoms with Gasteiger partial charge in [0.05, 0.1) is 5.54 Å². The zero-order chi connectivity index (χ0) is 11.8. The van der Waals surface area contributed by atoms with Gasteiger partial charge in [-0.25, -0.2) is 0 Å². The number of rotatable bonds is 3. The van der Waals surface area contributed by atoms with E-state index in [0.717, 1.165) is 12.8 Å². The van der Waals surface area contributed by atoms with Crippen molar-refractivity contribution >= 4 is 5.91 Å². The lowest BCUT2D eigenvalue weighted by molar-refractivity contribution is -0.135. The number of carbonyl (C=O) groups is 1. The molecule has 0 saturated heterocycles. The second-order valence-corrected chi connectivity index (χ2v) is 5.05. The topological polar surface area (TPSA) is 20.3 Å². The number of nitrogens with zero attached hydrogens (tertiary/aromatic N) is 1. The fourth-order valence-electron chi connectivity index (χ4n) is 2.43. The first kappa shape index (κ1) is 11.2. The molecule has 0 aliphatic heterocycles. The molecule has 2 nitrogen and oxygen atoms in total. The summed E-state index contributed by atoms with van der Waals surface area (Å²) in [5.74, 6) is 0.177. The Morgan fingerprint density at radius 3 is 2.25 bits per heavy atom. The van der Waals surface area contributed by atoms with E-state index in [4.69, 9.17) is 0 Å². The molecule has 1 saturated carbocycles. The van der Waals surface area contributed by atoms with Crippen LogP contribution in [0.5, 0.6) is 0 Å². The third-order valence-corrected chi connectivity index (χ3v) is 3.33. The van der Waals surface area contributed by atoms with Gasteiger partial charge in [0, 0.05) is 13.0 Å². The van der Waals surface area contributed by atoms with Crippen LogP contribution in [0.15, 0.2) is 30.3 Å². The predicted molar refractivity (Wildman–Crippen MR) is 65.0 cm³/mol. The van der Waals surface area contributed by atoms with Crippen LogP contribution in [0.4, 0.5) is 0 Å². The Balaban J connectivity index is 2.32.